The van der Waals surface area contributed by atoms with E-state index in [0.29, 0.717) is 22.2 Å². The largest absolute Gasteiger partial charge is 0.497 e. The third-order valence-corrected chi connectivity index (χ3v) is 4.35. The van der Waals surface area contributed by atoms with E-state index in [1.54, 1.807) is 43.5 Å². The number of hydrogen-bond donors (Lipinski definition) is 1. The van der Waals surface area contributed by atoms with Gasteiger partial charge in [0.25, 0.3) is 11.8 Å². The van der Waals surface area contributed by atoms with Crippen molar-refractivity contribution in [3.05, 3.63) is 58.2 Å². The molecule has 0 spiro atoms. The van der Waals surface area contributed by atoms with Gasteiger partial charge in [-0.15, -0.1) is 0 Å². The first-order valence-corrected chi connectivity index (χ1v) is 8.25. The Kier molecular flexibility index (Phi) is 5.06. The SMILES string of the molecule is COc1ccc(NC2=C(Cl)C(=O)N(c3cc(Cl)ccc3OC)C2=O)cc1. The number of ether oxygens (including phenoxy) is 2. The van der Waals surface area contributed by atoms with E-state index in [1.165, 1.54) is 13.2 Å². The van der Waals surface area contributed by atoms with Crippen molar-refractivity contribution in [1.82, 2.24) is 0 Å². The quantitative estimate of drug-likeness (QED) is 0.783. The summed E-state index contributed by atoms with van der Waals surface area (Å²) in [4.78, 5) is 26.3. The van der Waals surface area contributed by atoms with E-state index in [4.69, 9.17) is 32.7 Å². The van der Waals surface area contributed by atoms with Gasteiger partial charge in [0.05, 0.1) is 19.9 Å². The second-order valence-electron chi connectivity index (χ2n) is 5.30. The Morgan fingerprint density at radius 3 is 2.23 bits per heavy atom. The molecule has 2 aromatic rings. The summed E-state index contributed by atoms with van der Waals surface area (Å²) in [6, 6.07) is 11.5. The minimum Gasteiger partial charge on any atom is -0.497 e. The first-order chi connectivity index (χ1) is 12.5. The lowest BCUT2D eigenvalue weighted by Gasteiger charge is -2.18. The van der Waals surface area contributed by atoms with Gasteiger partial charge in [-0.1, -0.05) is 23.2 Å². The fraction of sp³-hybridized carbons (Fsp3) is 0.111. The smallest absolute Gasteiger partial charge is 0.283 e. The Hall–Kier alpha value is -2.70. The van der Waals surface area contributed by atoms with Crippen molar-refractivity contribution in [2.24, 2.45) is 0 Å². The average molecular weight is 393 g/mol. The fourth-order valence-corrected chi connectivity index (χ4v) is 2.87. The van der Waals surface area contributed by atoms with Gasteiger partial charge in [-0.05, 0) is 42.5 Å². The number of imide groups is 1. The van der Waals surface area contributed by atoms with E-state index in [0.717, 1.165) is 4.90 Å². The van der Waals surface area contributed by atoms with E-state index in [1.807, 2.05) is 0 Å². The van der Waals surface area contributed by atoms with Crippen LogP contribution in [0.3, 0.4) is 0 Å². The summed E-state index contributed by atoms with van der Waals surface area (Å²) in [5, 5.41) is 3.02. The summed E-state index contributed by atoms with van der Waals surface area (Å²) in [6.45, 7) is 0. The normalized spacial score (nSPS) is 14.1. The maximum atomic E-state index is 12.8. The highest BCUT2D eigenvalue weighted by atomic mass is 35.5. The summed E-state index contributed by atoms with van der Waals surface area (Å²) in [7, 11) is 2.99. The number of nitrogens with one attached hydrogen (secondary N) is 1. The van der Waals surface area contributed by atoms with Gasteiger partial charge in [0.15, 0.2) is 0 Å². The Morgan fingerprint density at radius 1 is 0.923 bits per heavy atom. The van der Waals surface area contributed by atoms with Gasteiger partial charge in [0.1, 0.15) is 22.2 Å². The number of rotatable bonds is 5. The van der Waals surface area contributed by atoms with Crippen LogP contribution in [0.15, 0.2) is 53.2 Å². The van der Waals surface area contributed by atoms with Crippen molar-refractivity contribution < 1.29 is 19.1 Å². The Bertz CT molecular complexity index is 910. The van der Waals surface area contributed by atoms with Gasteiger partial charge in [0, 0.05) is 10.7 Å². The number of amides is 2. The Balaban J connectivity index is 1.93. The molecule has 6 nitrogen and oxygen atoms in total. The molecular formula is C18H14Cl2N2O4. The zero-order valence-electron chi connectivity index (χ0n) is 13.9. The molecular weight excluding hydrogens is 379 g/mol. The highest BCUT2D eigenvalue weighted by Gasteiger charge is 2.40. The van der Waals surface area contributed by atoms with Crippen molar-refractivity contribution in [1.29, 1.82) is 0 Å². The monoisotopic (exact) mass is 392 g/mol. The topological polar surface area (TPSA) is 67.9 Å². The number of nitrogens with zero attached hydrogens (tertiary/aromatic N) is 1. The second-order valence-corrected chi connectivity index (χ2v) is 6.12. The Morgan fingerprint density at radius 2 is 1.62 bits per heavy atom. The summed E-state index contributed by atoms with van der Waals surface area (Å²) >= 11 is 12.1. The number of carbonyl (C=O) groups is 2. The molecule has 0 saturated carbocycles. The molecule has 0 aromatic heterocycles. The van der Waals surface area contributed by atoms with Crippen molar-refractivity contribution in [2.75, 3.05) is 24.4 Å². The van der Waals surface area contributed by atoms with Crippen LogP contribution in [0.2, 0.25) is 5.02 Å². The van der Waals surface area contributed by atoms with Crippen LogP contribution >= 0.6 is 23.2 Å². The van der Waals surface area contributed by atoms with Crippen molar-refractivity contribution in [3.8, 4) is 11.5 Å². The third kappa shape index (κ3) is 3.21. The molecule has 0 radical (unpaired) electrons. The predicted octanol–water partition coefficient (Wildman–Crippen LogP) is 3.79. The van der Waals surface area contributed by atoms with Crippen LogP contribution in [0, 0.1) is 0 Å². The lowest BCUT2D eigenvalue weighted by Crippen LogP contribution is -2.32. The number of halogens is 2. The molecule has 1 heterocycles. The number of hydrogen-bond acceptors (Lipinski definition) is 5. The molecule has 1 N–H and O–H groups in total. The van der Waals surface area contributed by atoms with E-state index in [-0.39, 0.29) is 16.4 Å². The molecule has 1 aliphatic heterocycles. The third-order valence-electron chi connectivity index (χ3n) is 3.77. The summed E-state index contributed by atoms with van der Waals surface area (Å²) in [6.07, 6.45) is 0. The molecule has 0 unspecified atom stereocenters. The van der Waals surface area contributed by atoms with Crippen LogP contribution in [-0.2, 0) is 9.59 Å². The molecule has 8 heteroatoms. The van der Waals surface area contributed by atoms with Crippen LogP contribution in [-0.4, -0.2) is 26.0 Å². The van der Waals surface area contributed by atoms with Gasteiger partial charge >= 0.3 is 0 Å². The summed E-state index contributed by atoms with van der Waals surface area (Å²) < 4.78 is 10.3. The maximum Gasteiger partial charge on any atom is 0.283 e. The predicted molar refractivity (Wildman–Crippen MR) is 100.0 cm³/mol. The fourth-order valence-electron chi connectivity index (χ4n) is 2.49. The van der Waals surface area contributed by atoms with E-state index >= 15 is 0 Å². The van der Waals surface area contributed by atoms with Crippen LogP contribution < -0.4 is 19.7 Å². The minimum absolute atomic E-state index is 0.0242. The molecule has 2 amide bonds. The zero-order chi connectivity index (χ0) is 18.8. The van der Waals surface area contributed by atoms with E-state index < -0.39 is 11.8 Å². The first kappa shape index (κ1) is 18.1. The van der Waals surface area contributed by atoms with Crippen LogP contribution in [0.4, 0.5) is 11.4 Å². The number of carbonyl (C=O) groups excluding carboxylic acids is 2. The van der Waals surface area contributed by atoms with Crippen molar-refractivity contribution in [3.63, 3.8) is 0 Å². The number of anilines is 2. The average Bonchev–Trinajstić information content (AvgIpc) is 2.85. The van der Waals surface area contributed by atoms with Crippen molar-refractivity contribution in [2.45, 2.75) is 0 Å². The van der Waals surface area contributed by atoms with Crippen LogP contribution in [0.25, 0.3) is 0 Å². The molecule has 0 bridgehead atoms. The van der Waals surface area contributed by atoms with Gasteiger partial charge in [-0.2, -0.15) is 0 Å². The zero-order valence-corrected chi connectivity index (χ0v) is 15.4. The molecule has 1 aliphatic rings. The van der Waals surface area contributed by atoms with Gasteiger partial charge < -0.3 is 14.8 Å². The van der Waals surface area contributed by atoms with E-state index in [2.05, 4.69) is 5.32 Å². The molecule has 0 atom stereocenters. The second kappa shape index (κ2) is 7.27. The molecule has 2 aromatic carbocycles. The molecule has 0 aliphatic carbocycles. The summed E-state index contributed by atoms with van der Waals surface area (Å²) in [5.41, 5.74) is 0.781. The molecule has 26 heavy (non-hydrogen) atoms. The number of methoxy groups -OCH3 is 2. The Labute approximate surface area is 159 Å². The standard InChI is InChI=1S/C18H14Cl2N2O4/c1-25-12-6-4-11(5-7-12)21-16-15(20)17(23)22(18(16)24)13-9-10(19)3-8-14(13)26-2/h3-9,21H,1-2H3. The van der Waals surface area contributed by atoms with Gasteiger partial charge in [0.2, 0.25) is 0 Å². The molecule has 0 fully saturated rings. The van der Waals surface area contributed by atoms with Crippen LogP contribution in [0.1, 0.15) is 0 Å². The molecule has 3 rings (SSSR count). The first-order valence-electron chi connectivity index (χ1n) is 7.49. The molecule has 134 valence electrons. The van der Waals surface area contributed by atoms with Crippen molar-refractivity contribution >= 4 is 46.4 Å². The number of benzene rings is 2. The van der Waals surface area contributed by atoms with Gasteiger partial charge in [-0.25, -0.2) is 4.90 Å². The minimum atomic E-state index is -0.659. The lowest BCUT2D eigenvalue weighted by molar-refractivity contribution is -0.120. The van der Waals surface area contributed by atoms with Crippen LogP contribution in [0.5, 0.6) is 11.5 Å². The lowest BCUT2D eigenvalue weighted by atomic mass is 10.2. The van der Waals surface area contributed by atoms with Gasteiger partial charge in [-0.3, -0.25) is 9.59 Å². The van der Waals surface area contributed by atoms with E-state index in [9.17, 15) is 9.59 Å². The maximum absolute atomic E-state index is 12.8. The highest BCUT2D eigenvalue weighted by molar-refractivity contribution is 6.53. The molecule has 0 saturated heterocycles. The summed E-state index contributed by atoms with van der Waals surface area (Å²) in [5.74, 6) is -0.273. The highest BCUT2D eigenvalue weighted by Crippen LogP contribution is 2.37.